The van der Waals surface area contributed by atoms with E-state index in [4.69, 9.17) is 16.3 Å². The van der Waals surface area contributed by atoms with Crippen molar-refractivity contribution in [2.45, 2.75) is 6.92 Å². The fourth-order valence-electron chi connectivity index (χ4n) is 1.50. The summed E-state index contributed by atoms with van der Waals surface area (Å²) in [7, 11) is 0. The number of benzene rings is 2. The number of rotatable bonds is 3. The first-order valence-electron chi connectivity index (χ1n) is 5.19. The van der Waals surface area contributed by atoms with Crippen LogP contribution in [0.4, 0.5) is 0 Å². The van der Waals surface area contributed by atoms with Crippen LogP contribution in [0.15, 0.2) is 42.5 Å². The molecule has 0 aliphatic heterocycles. The van der Waals surface area contributed by atoms with Gasteiger partial charge in [-0.05, 0) is 31.2 Å². The molecule has 0 saturated heterocycles. The number of aldehydes is 1. The molecule has 0 aromatic heterocycles. The average Bonchev–Trinajstić information content (AvgIpc) is 2.34. The van der Waals surface area contributed by atoms with E-state index in [2.05, 4.69) is 0 Å². The van der Waals surface area contributed by atoms with Crippen LogP contribution >= 0.6 is 11.6 Å². The summed E-state index contributed by atoms with van der Waals surface area (Å²) in [6.45, 7) is 1.92. The minimum absolute atomic E-state index is 0.513. The van der Waals surface area contributed by atoms with Crippen LogP contribution in [0.2, 0.25) is 5.02 Å². The first-order chi connectivity index (χ1) is 8.20. The zero-order valence-electron chi connectivity index (χ0n) is 9.31. The summed E-state index contributed by atoms with van der Waals surface area (Å²) in [5.74, 6) is 1.06. The average molecular weight is 247 g/mol. The van der Waals surface area contributed by atoms with E-state index in [0.717, 1.165) is 11.8 Å². The molecule has 0 unspecified atom stereocenters. The molecule has 2 aromatic carbocycles. The van der Waals surface area contributed by atoms with Crippen molar-refractivity contribution in [3.05, 3.63) is 58.6 Å². The lowest BCUT2D eigenvalue weighted by Crippen LogP contribution is -1.91. The van der Waals surface area contributed by atoms with E-state index in [0.29, 0.717) is 22.1 Å². The molecule has 2 nitrogen and oxygen atoms in total. The highest BCUT2D eigenvalue weighted by Gasteiger charge is 2.06. The van der Waals surface area contributed by atoms with E-state index >= 15 is 0 Å². The molecule has 0 heterocycles. The van der Waals surface area contributed by atoms with Gasteiger partial charge in [0.25, 0.3) is 0 Å². The zero-order valence-corrected chi connectivity index (χ0v) is 10.1. The molecule has 3 heteroatoms. The van der Waals surface area contributed by atoms with E-state index in [1.54, 1.807) is 24.3 Å². The van der Waals surface area contributed by atoms with Crippen LogP contribution in [-0.4, -0.2) is 6.29 Å². The number of carbonyl (C=O) groups is 1. The third-order valence-corrected chi connectivity index (χ3v) is 2.66. The van der Waals surface area contributed by atoms with Crippen LogP contribution in [-0.2, 0) is 0 Å². The van der Waals surface area contributed by atoms with Crippen LogP contribution in [0, 0.1) is 6.92 Å². The molecule has 2 aromatic rings. The monoisotopic (exact) mass is 246 g/mol. The lowest BCUT2D eigenvalue weighted by atomic mass is 10.1. The molecule has 0 N–H and O–H groups in total. The fourth-order valence-corrected chi connectivity index (χ4v) is 1.67. The maximum atomic E-state index is 10.9. The van der Waals surface area contributed by atoms with E-state index in [1.165, 1.54) is 0 Å². The molecule has 0 aliphatic carbocycles. The van der Waals surface area contributed by atoms with Crippen LogP contribution in [0.1, 0.15) is 15.9 Å². The SMILES string of the molecule is Cc1ccc(Oc2ccccc2Cl)c(C=O)c1. The van der Waals surface area contributed by atoms with Gasteiger partial charge in [0, 0.05) is 0 Å². The Kier molecular flexibility index (Phi) is 3.45. The maximum Gasteiger partial charge on any atom is 0.153 e. The number of hydrogen-bond donors (Lipinski definition) is 0. The van der Waals surface area contributed by atoms with Gasteiger partial charge in [0.2, 0.25) is 0 Å². The molecule has 86 valence electrons. The molecule has 2 rings (SSSR count). The number of para-hydroxylation sites is 1. The molecule has 0 aliphatic rings. The van der Waals surface area contributed by atoms with Crippen molar-refractivity contribution in [1.29, 1.82) is 0 Å². The predicted octanol–water partition coefficient (Wildman–Crippen LogP) is 4.25. The van der Waals surface area contributed by atoms with Crippen molar-refractivity contribution in [3.8, 4) is 11.5 Å². The predicted molar refractivity (Wildman–Crippen MR) is 68.1 cm³/mol. The van der Waals surface area contributed by atoms with E-state index < -0.39 is 0 Å². The van der Waals surface area contributed by atoms with E-state index in [1.807, 2.05) is 25.1 Å². The number of carbonyl (C=O) groups excluding carboxylic acids is 1. The lowest BCUT2D eigenvalue weighted by molar-refractivity contribution is 0.112. The third kappa shape index (κ3) is 2.66. The molecule has 0 spiro atoms. The largest absolute Gasteiger partial charge is 0.455 e. The minimum atomic E-state index is 0.513. The number of halogens is 1. The van der Waals surface area contributed by atoms with Gasteiger partial charge in [-0.3, -0.25) is 4.79 Å². The van der Waals surface area contributed by atoms with Crippen LogP contribution < -0.4 is 4.74 Å². The summed E-state index contributed by atoms with van der Waals surface area (Å²) in [6, 6.07) is 12.6. The van der Waals surface area contributed by atoms with E-state index in [9.17, 15) is 4.79 Å². The Morgan fingerprint density at radius 2 is 1.88 bits per heavy atom. The van der Waals surface area contributed by atoms with Crippen molar-refractivity contribution in [2.24, 2.45) is 0 Å². The van der Waals surface area contributed by atoms with Gasteiger partial charge < -0.3 is 4.74 Å². The van der Waals surface area contributed by atoms with Gasteiger partial charge in [-0.2, -0.15) is 0 Å². The van der Waals surface area contributed by atoms with Gasteiger partial charge in [-0.1, -0.05) is 35.4 Å². The molecule has 17 heavy (non-hydrogen) atoms. The third-order valence-electron chi connectivity index (χ3n) is 2.35. The Labute approximate surface area is 105 Å². The molecule has 0 saturated carbocycles. The van der Waals surface area contributed by atoms with Gasteiger partial charge in [0.05, 0.1) is 10.6 Å². The summed E-state index contributed by atoms with van der Waals surface area (Å²) in [5, 5.41) is 0.518. The smallest absolute Gasteiger partial charge is 0.153 e. The quantitative estimate of drug-likeness (QED) is 0.757. The highest BCUT2D eigenvalue weighted by Crippen LogP contribution is 2.30. The number of aryl methyl sites for hydroxylation is 1. The van der Waals surface area contributed by atoms with Crippen molar-refractivity contribution >= 4 is 17.9 Å². The molecule has 0 bridgehead atoms. The lowest BCUT2D eigenvalue weighted by Gasteiger charge is -2.09. The number of hydrogen-bond acceptors (Lipinski definition) is 2. The fraction of sp³-hybridized carbons (Fsp3) is 0.0714. The topological polar surface area (TPSA) is 26.3 Å². The van der Waals surface area contributed by atoms with Gasteiger partial charge in [-0.25, -0.2) is 0 Å². The first-order valence-corrected chi connectivity index (χ1v) is 5.56. The summed E-state index contributed by atoms with van der Waals surface area (Å²) in [5.41, 5.74) is 1.53. The van der Waals surface area contributed by atoms with Gasteiger partial charge in [0.15, 0.2) is 6.29 Å². The van der Waals surface area contributed by atoms with Crippen LogP contribution in [0.3, 0.4) is 0 Å². The molecule has 0 atom stereocenters. The zero-order chi connectivity index (χ0) is 12.3. The molecule has 0 fully saturated rings. The minimum Gasteiger partial charge on any atom is -0.455 e. The highest BCUT2D eigenvalue weighted by atomic mass is 35.5. The molecular weight excluding hydrogens is 236 g/mol. The Balaban J connectivity index is 2.36. The molecule has 0 amide bonds. The summed E-state index contributed by atoms with van der Waals surface area (Å²) >= 11 is 5.99. The standard InChI is InChI=1S/C14H11ClO2/c1-10-6-7-13(11(8-10)9-16)17-14-5-3-2-4-12(14)15/h2-9H,1H3. The van der Waals surface area contributed by atoms with Crippen LogP contribution in [0.5, 0.6) is 11.5 Å². The van der Waals surface area contributed by atoms with Crippen LogP contribution in [0.25, 0.3) is 0 Å². The summed E-state index contributed by atoms with van der Waals surface area (Å²) < 4.78 is 5.62. The normalized spacial score (nSPS) is 10.0. The second-order valence-corrected chi connectivity index (χ2v) is 4.10. The summed E-state index contributed by atoms with van der Waals surface area (Å²) in [6.07, 6.45) is 0.777. The van der Waals surface area contributed by atoms with Crippen molar-refractivity contribution in [2.75, 3.05) is 0 Å². The first kappa shape index (κ1) is 11.7. The summed E-state index contributed by atoms with van der Waals surface area (Å²) in [4.78, 5) is 10.9. The second kappa shape index (κ2) is 5.02. The Hall–Kier alpha value is -1.80. The Morgan fingerprint density at radius 3 is 2.59 bits per heavy atom. The maximum absolute atomic E-state index is 10.9. The van der Waals surface area contributed by atoms with E-state index in [-0.39, 0.29) is 0 Å². The Bertz CT molecular complexity index is 550. The highest BCUT2D eigenvalue weighted by molar-refractivity contribution is 6.32. The van der Waals surface area contributed by atoms with Gasteiger partial charge in [-0.15, -0.1) is 0 Å². The molecular formula is C14H11ClO2. The van der Waals surface area contributed by atoms with Crippen molar-refractivity contribution in [3.63, 3.8) is 0 Å². The van der Waals surface area contributed by atoms with Gasteiger partial charge >= 0.3 is 0 Å². The van der Waals surface area contributed by atoms with Gasteiger partial charge in [0.1, 0.15) is 11.5 Å². The van der Waals surface area contributed by atoms with Crippen molar-refractivity contribution < 1.29 is 9.53 Å². The Morgan fingerprint density at radius 1 is 1.12 bits per heavy atom. The molecule has 0 radical (unpaired) electrons. The number of ether oxygens (including phenoxy) is 1. The van der Waals surface area contributed by atoms with Crippen molar-refractivity contribution in [1.82, 2.24) is 0 Å². The second-order valence-electron chi connectivity index (χ2n) is 3.69.